The molecule has 1 atom stereocenters. The Bertz CT molecular complexity index is 412. The summed E-state index contributed by atoms with van der Waals surface area (Å²) >= 11 is 0. The molecule has 0 aliphatic carbocycles. The van der Waals surface area contributed by atoms with E-state index in [2.05, 4.69) is 5.32 Å². The Morgan fingerprint density at radius 2 is 2.22 bits per heavy atom. The molecule has 0 aromatic heterocycles. The molecule has 4 nitrogen and oxygen atoms in total. The Morgan fingerprint density at radius 1 is 1.56 bits per heavy atom. The van der Waals surface area contributed by atoms with Crippen LogP contribution in [0, 0.1) is 12.7 Å². The first-order valence-electron chi connectivity index (χ1n) is 5.93. The van der Waals surface area contributed by atoms with E-state index >= 15 is 0 Å². The van der Waals surface area contributed by atoms with Gasteiger partial charge in [-0.25, -0.2) is 4.39 Å². The van der Waals surface area contributed by atoms with E-state index in [0.29, 0.717) is 18.4 Å². The molecule has 0 saturated carbocycles. The van der Waals surface area contributed by atoms with Gasteiger partial charge in [0.05, 0.1) is 0 Å². The van der Waals surface area contributed by atoms with Crippen molar-refractivity contribution >= 4 is 11.6 Å². The topological polar surface area (TPSA) is 75.4 Å². The zero-order valence-corrected chi connectivity index (χ0v) is 10.7. The summed E-state index contributed by atoms with van der Waals surface area (Å²) in [5.41, 5.74) is 6.45. The Hall–Kier alpha value is -1.62. The third kappa shape index (κ3) is 3.70. The lowest BCUT2D eigenvalue weighted by Crippen LogP contribution is -2.32. The summed E-state index contributed by atoms with van der Waals surface area (Å²) in [6, 6.07) is 2.57. The van der Waals surface area contributed by atoms with Crippen LogP contribution in [0.25, 0.3) is 0 Å². The largest absolute Gasteiger partial charge is 0.398 e. The van der Waals surface area contributed by atoms with Crippen molar-refractivity contribution in [1.82, 2.24) is 5.32 Å². The molecule has 0 radical (unpaired) electrons. The first kappa shape index (κ1) is 14.4. The van der Waals surface area contributed by atoms with Crippen LogP contribution in [0.3, 0.4) is 0 Å². The Morgan fingerprint density at radius 3 is 2.78 bits per heavy atom. The molecule has 18 heavy (non-hydrogen) atoms. The fraction of sp³-hybridized carbons (Fsp3) is 0.462. The van der Waals surface area contributed by atoms with Gasteiger partial charge in [0.15, 0.2) is 0 Å². The molecule has 0 bridgehead atoms. The van der Waals surface area contributed by atoms with E-state index < -0.39 is 5.82 Å². The average Bonchev–Trinajstić information content (AvgIpc) is 2.32. The van der Waals surface area contributed by atoms with Gasteiger partial charge in [0.2, 0.25) is 0 Å². The molecule has 1 unspecified atom stereocenters. The summed E-state index contributed by atoms with van der Waals surface area (Å²) in [5, 5.41) is 11.4. The van der Waals surface area contributed by atoms with E-state index in [4.69, 9.17) is 10.8 Å². The second-order valence-corrected chi connectivity index (χ2v) is 4.41. The van der Waals surface area contributed by atoms with Crippen molar-refractivity contribution in [1.29, 1.82) is 0 Å². The summed E-state index contributed by atoms with van der Waals surface area (Å²) in [5.74, 6) is -0.839. The number of nitrogens with two attached hydrogens (primary N) is 1. The number of aliphatic hydroxyl groups is 1. The zero-order chi connectivity index (χ0) is 13.7. The smallest absolute Gasteiger partial charge is 0.251 e. The minimum Gasteiger partial charge on any atom is -0.398 e. The number of nitrogen functional groups attached to an aromatic ring is 1. The van der Waals surface area contributed by atoms with E-state index in [1.165, 1.54) is 12.1 Å². The third-order valence-corrected chi connectivity index (χ3v) is 2.82. The van der Waals surface area contributed by atoms with Crippen molar-refractivity contribution in [2.45, 2.75) is 32.7 Å². The number of anilines is 1. The van der Waals surface area contributed by atoms with Gasteiger partial charge in [-0.1, -0.05) is 0 Å². The second kappa shape index (κ2) is 6.35. The molecule has 100 valence electrons. The van der Waals surface area contributed by atoms with E-state index in [0.717, 1.165) is 0 Å². The Labute approximate surface area is 106 Å². The van der Waals surface area contributed by atoms with Crippen LogP contribution in [-0.2, 0) is 0 Å². The van der Waals surface area contributed by atoms with Gasteiger partial charge in [-0.3, -0.25) is 4.79 Å². The van der Waals surface area contributed by atoms with Crippen LogP contribution in [-0.4, -0.2) is 23.7 Å². The number of carbonyl (C=O) groups excluding carboxylic acids is 1. The highest BCUT2D eigenvalue weighted by Gasteiger charge is 2.13. The lowest BCUT2D eigenvalue weighted by atomic mass is 10.1. The maximum atomic E-state index is 13.4. The van der Waals surface area contributed by atoms with Crippen molar-refractivity contribution in [2.75, 3.05) is 12.3 Å². The van der Waals surface area contributed by atoms with Crippen molar-refractivity contribution in [3.05, 3.63) is 29.1 Å². The maximum absolute atomic E-state index is 13.4. The van der Waals surface area contributed by atoms with Crippen molar-refractivity contribution in [3.8, 4) is 0 Å². The number of amides is 1. The van der Waals surface area contributed by atoms with Crippen LogP contribution in [0.1, 0.15) is 35.7 Å². The zero-order valence-electron chi connectivity index (χ0n) is 10.7. The summed E-state index contributed by atoms with van der Waals surface area (Å²) in [6.45, 7) is 3.49. The fourth-order valence-corrected chi connectivity index (χ4v) is 1.61. The predicted octanol–water partition coefficient (Wildman–Crippen LogP) is 1.61. The summed E-state index contributed by atoms with van der Waals surface area (Å²) < 4.78 is 13.4. The lowest BCUT2D eigenvalue weighted by Gasteiger charge is -2.14. The molecular formula is C13H19FN2O2. The van der Waals surface area contributed by atoms with E-state index in [1.54, 1.807) is 6.92 Å². The van der Waals surface area contributed by atoms with Gasteiger partial charge in [-0.2, -0.15) is 0 Å². The molecule has 1 amide bonds. The number of benzene rings is 1. The normalized spacial score (nSPS) is 12.2. The molecule has 0 spiro atoms. The van der Waals surface area contributed by atoms with Crippen LogP contribution >= 0.6 is 0 Å². The molecule has 4 N–H and O–H groups in total. The number of aliphatic hydroxyl groups excluding tert-OH is 1. The molecule has 0 fully saturated rings. The van der Waals surface area contributed by atoms with Crippen LogP contribution in [0.4, 0.5) is 10.1 Å². The summed E-state index contributed by atoms with van der Waals surface area (Å²) in [4.78, 5) is 11.8. The van der Waals surface area contributed by atoms with Gasteiger partial charge >= 0.3 is 0 Å². The Kier molecular flexibility index (Phi) is 5.09. The van der Waals surface area contributed by atoms with E-state index in [9.17, 15) is 9.18 Å². The quantitative estimate of drug-likeness (QED) is 0.699. The van der Waals surface area contributed by atoms with Crippen LogP contribution < -0.4 is 11.1 Å². The molecule has 0 aliphatic rings. The van der Waals surface area contributed by atoms with Gasteiger partial charge in [0.25, 0.3) is 5.91 Å². The number of hydrogen-bond donors (Lipinski definition) is 3. The van der Waals surface area contributed by atoms with Gasteiger partial charge in [-0.05, 0) is 38.8 Å². The highest BCUT2D eigenvalue weighted by molar-refractivity contribution is 5.95. The van der Waals surface area contributed by atoms with E-state index in [-0.39, 0.29) is 29.8 Å². The van der Waals surface area contributed by atoms with Gasteiger partial charge in [-0.15, -0.1) is 0 Å². The molecule has 1 aromatic carbocycles. The first-order valence-corrected chi connectivity index (χ1v) is 5.93. The number of rotatable bonds is 5. The predicted molar refractivity (Wildman–Crippen MR) is 68.8 cm³/mol. The van der Waals surface area contributed by atoms with Crippen LogP contribution in [0.2, 0.25) is 0 Å². The Balaban J connectivity index is 2.73. The molecule has 1 rings (SSSR count). The average molecular weight is 254 g/mol. The minimum atomic E-state index is -0.483. The summed E-state index contributed by atoms with van der Waals surface area (Å²) in [7, 11) is 0. The molecule has 0 aliphatic heterocycles. The third-order valence-electron chi connectivity index (χ3n) is 2.82. The lowest BCUT2D eigenvalue weighted by molar-refractivity contribution is 0.0936. The monoisotopic (exact) mass is 254 g/mol. The standard InChI is InChI=1S/C13H19FN2O2/c1-8(4-3-5-17)16-13(18)10-6-11(14)9(2)12(15)7-10/h6-8,17H,3-5,15H2,1-2H3,(H,16,18). The van der Waals surface area contributed by atoms with Gasteiger partial charge < -0.3 is 16.2 Å². The first-order chi connectivity index (χ1) is 8.45. The van der Waals surface area contributed by atoms with Gasteiger partial charge in [0, 0.05) is 29.5 Å². The number of hydrogen-bond acceptors (Lipinski definition) is 3. The van der Waals surface area contributed by atoms with Crippen molar-refractivity contribution in [3.63, 3.8) is 0 Å². The number of carbonyl (C=O) groups is 1. The fourth-order valence-electron chi connectivity index (χ4n) is 1.61. The van der Waals surface area contributed by atoms with Crippen LogP contribution in [0.15, 0.2) is 12.1 Å². The molecular weight excluding hydrogens is 235 g/mol. The summed E-state index contributed by atoms with van der Waals surface area (Å²) in [6.07, 6.45) is 1.29. The highest BCUT2D eigenvalue weighted by Crippen LogP contribution is 2.17. The van der Waals surface area contributed by atoms with Crippen LogP contribution in [0.5, 0.6) is 0 Å². The second-order valence-electron chi connectivity index (χ2n) is 4.41. The SMILES string of the molecule is Cc1c(N)cc(C(=O)NC(C)CCCO)cc1F. The van der Waals surface area contributed by atoms with Crippen molar-refractivity contribution in [2.24, 2.45) is 0 Å². The minimum absolute atomic E-state index is 0.0739. The van der Waals surface area contributed by atoms with Gasteiger partial charge in [0.1, 0.15) is 5.82 Å². The number of halogens is 1. The highest BCUT2D eigenvalue weighted by atomic mass is 19.1. The maximum Gasteiger partial charge on any atom is 0.251 e. The molecule has 0 heterocycles. The van der Waals surface area contributed by atoms with E-state index in [1.807, 2.05) is 6.92 Å². The molecule has 1 aromatic rings. The van der Waals surface area contributed by atoms with Crippen molar-refractivity contribution < 1.29 is 14.3 Å². The number of nitrogens with one attached hydrogen (secondary N) is 1. The molecule has 5 heteroatoms. The molecule has 0 saturated heterocycles.